The molecule has 0 atom stereocenters. The van der Waals surface area contributed by atoms with Crippen LogP contribution in [0.3, 0.4) is 0 Å². The summed E-state index contributed by atoms with van der Waals surface area (Å²) in [6, 6.07) is 12.4. The standard InChI is InChI=1S/C16H16N2O2S2/c1-3-12-11-14(15-9-10-17-18(15)2)16(21-12)22(19,20)13-7-5-4-6-8-13/h4-11H,3H2,1-2H3. The van der Waals surface area contributed by atoms with Crippen molar-refractivity contribution in [3.63, 3.8) is 0 Å². The molecule has 0 amide bonds. The molecule has 0 aliphatic carbocycles. The summed E-state index contributed by atoms with van der Waals surface area (Å²) in [5, 5.41) is 4.15. The Balaban J connectivity index is 2.23. The molecule has 2 aromatic heterocycles. The fraction of sp³-hybridized carbons (Fsp3) is 0.188. The molecule has 0 radical (unpaired) electrons. The molecule has 3 aromatic rings. The van der Waals surface area contributed by atoms with Gasteiger partial charge in [-0.1, -0.05) is 25.1 Å². The Kier molecular flexibility index (Phi) is 3.88. The van der Waals surface area contributed by atoms with E-state index < -0.39 is 9.84 Å². The number of thiophene rings is 1. The Morgan fingerprint density at radius 3 is 2.50 bits per heavy atom. The van der Waals surface area contributed by atoms with Crippen LogP contribution in [0.15, 0.2) is 57.8 Å². The highest BCUT2D eigenvalue weighted by Gasteiger charge is 2.26. The maximum Gasteiger partial charge on any atom is 0.216 e. The van der Waals surface area contributed by atoms with E-state index in [0.717, 1.165) is 22.6 Å². The lowest BCUT2D eigenvalue weighted by molar-refractivity contribution is 0.598. The number of aromatic nitrogens is 2. The zero-order chi connectivity index (χ0) is 15.7. The van der Waals surface area contributed by atoms with E-state index in [9.17, 15) is 8.42 Å². The minimum atomic E-state index is -3.52. The third-order valence-electron chi connectivity index (χ3n) is 3.49. The van der Waals surface area contributed by atoms with Crippen molar-refractivity contribution in [3.05, 3.63) is 53.5 Å². The van der Waals surface area contributed by atoms with Crippen molar-refractivity contribution in [1.29, 1.82) is 0 Å². The second-order valence-corrected chi connectivity index (χ2v) is 8.21. The van der Waals surface area contributed by atoms with Gasteiger partial charge in [-0.15, -0.1) is 11.3 Å². The van der Waals surface area contributed by atoms with Crippen LogP contribution in [-0.2, 0) is 23.3 Å². The molecule has 0 unspecified atom stereocenters. The first-order valence-corrected chi connectivity index (χ1v) is 9.25. The highest BCUT2D eigenvalue weighted by molar-refractivity contribution is 7.93. The predicted octanol–water partition coefficient (Wildman–Crippen LogP) is 3.54. The molecule has 22 heavy (non-hydrogen) atoms. The van der Waals surface area contributed by atoms with E-state index in [1.165, 1.54) is 11.3 Å². The molecule has 6 heteroatoms. The largest absolute Gasteiger partial charge is 0.268 e. The number of hydrogen-bond acceptors (Lipinski definition) is 4. The highest BCUT2D eigenvalue weighted by atomic mass is 32.2. The molecule has 0 fully saturated rings. The van der Waals surface area contributed by atoms with Crippen LogP contribution in [0.4, 0.5) is 0 Å². The molecule has 0 aliphatic heterocycles. The second kappa shape index (κ2) is 5.70. The van der Waals surface area contributed by atoms with Gasteiger partial charge in [-0.3, -0.25) is 4.68 Å². The van der Waals surface area contributed by atoms with Crippen LogP contribution in [0.25, 0.3) is 11.3 Å². The maximum atomic E-state index is 13.0. The molecule has 0 aliphatic rings. The van der Waals surface area contributed by atoms with E-state index >= 15 is 0 Å². The van der Waals surface area contributed by atoms with Crippen LogP contribution in [0.1, 0.15) is 11.8 Å². The zero-order valence-electron chi connectivity index (χ0n) is 12.4. The van der Waals surface area contributed by atoms with Crippen molar-refractivity contribution in [2.75, 3.05) is 0 Å². The molecule has 4 nitrogen and oxygen atoms in total. The number of nitrogens with zero attached hydrogens (tertiary/aromatic N) is 2. The summed E-state index contributed by atoms with van der Waals surface area (Å²) in [4.78, 5) is 1.37. The van der Waals surface area contributed by atoms with E-state index in [-0.39, 0.29) is 0 Å². The Hall–Kier alpha value is -1.92. The first kappa shape index (κ1) is 15.0. The summed E-state index contributed by atoms with van der Waals surface area (Å²) in [7, 11) is -1.71. The van der Waals surface area contributed by atoms with Gasteiger partial charge in [0.2, 0.25) is 9.84 Å². The van der Waals surface area contributed by atoms with Gasteiger partial charge in [-0.2, -0.15) is 5.10 Å². The molecule has 2 heterocycles. The van der Waals surface area contributed by atoms with Gasteiger partial charge in [0.25, 0.3) is 0 Å². The van der Waals surface area contributed by atoms with Crippen LogP contribution in [-0.4, -0.2) is 18.2 Å². The predicted molar refractivity (Wildman–Crippen MR) is 87.8 cm³/mol. The summed E-state index contributed by atoms with van der Waals surface area (Å²) in [6.07, 6.45) is 2.48. The van der Waals surface area contributed by atoms with Gasteiger partial charge in [-0.25, -0.2) is 8.42 Å². The van der Waals surface area contributed by atoms with Gasteiger partial charge in [0.05, 0.1) is 10.6 Å². The van der Waals surface area contributed by atoms with Crippen molar-refractivity contribution >= 4 is 21.2 Å². The highest BCUT2D eigenvalue weighted by Crippen LogP contribution is 2.38. The van der Waals surface area contributed by atoms with Crippen LogP contribution >= 0.6 is 11.3 Å². The molecular weight excluding hydrogens is 316 g/mol. The van der Waals surface area contributed by atoms with Crippen molar-refractivity contribution in [1.82, 2.24) is 9.78 Å². The number of aryl methyl sites for hydroxylation is 2. The lowest BCUT2D eigenvalue weighted by Gasteiger charge is -2.06. The van der Waals surface area contributed by atoms with Gasteiger partial charge in [-0.05, 0) is 30.7 Å². The molecule has 0 spiro atoms. The Morgan fingerprint density at radius 1 is 1.18 bits per heavy atom. The Bertz CT molecular complexity index is 893. The number of sulfone groups is 1. The molecule has 0 saturated carbocycles. The van der Waals surface area contributed by atoms with Gasteiger partial charge < -0.3 is 0 Å². The lowest BCUT2D eigenvalue weighted by atomic mass is 10.2. The number of hydrogen-bond donors (Lipinski definition) is 0. The van der Waals surface area contributed by atoms with Gasteiger partial charge >= 0.3 is 0 Å². The summed E-state index contributed by atoms with van der Waals surface area (Å²) >= 11 is 1.34. The molecular formula is C16H16N2O2S2. The normalized spacial score (nSPS) is 11.7. The Morgan fingerprint density at radius 2 is 1.91 bits per heavy atom. The fourth-order valence-electron chi connectivity index (χ4n) is 2.32. The van der Waals surface area contributed by atoms with E-state index in [2.05, 4.69) is 5.10 Å². The first-order chi connectivity index (χ1) is 10.5. The molecule has 0 N–H and O–H groups in total. The quantitative estimate of drug-likeness (QED) is 0.734. The summed E-state index contributed by atoms with van der Waals surface area (Å²) in [5.41, 5.74) is 1.54. The number of benzene rings is 1. The third kappa shape index (κ3) is 2.48. The van der Waals surface area contributed by atoms with Crippen LogP contribution in [0, 0.1) is 0 Å². The van der Waals surface area contributed by atoms with Crippen molar-refractivity contribution in [2.45, 2.75) is 22.4 Å². The average Bonchev–Trinajstić information content (AvgIpc) is 3.14. The first-order valence-electron chi connectivity index (χ1n) is 6.95. The topological polar surface area (TPSA) is 52.0 Å². The minimum Gasteiger partial charge on any atom is -0.268 e. The van der Waals surface area contributed by atoms with Crippen LogP contribution in [0.5, 0.6) is 0 Å². The van der Waals surface area contributed by atoms with Crippen LogP contribution in [0.2, 0.25) is 0 Å². The van der Waals surface area contributed by atoms with Crippen molar-refractivity contribution in [3.8, 4) is 11.3 Å². The molecule has 1 aromatic carbocycles. The van der Waals surface area contributed by atoms with Gasteiger partial charge in [0, 0.05) is 23.7 Å². The molecule has 0 bridgehead atoms. The lowest BCUT2D eigenvalue weighted by Crippen LogP contribution is -2.02. The van der Waals surface area contributed by atoms with E-state index in [1.807, 2.05) is 32.2 Å². The van der Waals surface area contributed by atoms with Crippen molar-refractivity contribution < 1.29 is 8.42 Å². The van der Waals surface area contributed by atoms with E-state index in [4.69, 9.17) is 0 Å². The smallest absolute Gasteiger partial charge is 0.216 e. The SMILES string of the molecule is CCc1cc(-c2ccnn2C)c(S(=O)(=O)c2ccccc2)s1. The molecule has 0 saturated heterocycles. The average molecular weight is 332 g/mol. The van der Waals surface area contributed by atoms with E-state index in [0.29, 0.717) is 9.10 Å². The summed E-state index contributed by atoms with van der Waals surface area (Å²) < 4.78 is 28.0. The second-order valence-electron chi connectivity index (χ2n) is 4.92. The third-order valence-corrected chi connectivity index (χ3v) is 7.08. The minimum absolute atomic E-state index is 0.322. The van der Waals surface area contributed by atoms with E-state index in [1.54, 1.807) is 35.1 Å². The van der Waals surface area contributed by atoms with Gasteiger partial charge in [0.1, 0.15) is 4.21 Å². The van der Waals surface area contributed by atoms with Crippen LogP contribution < -0.4 is 0 Å². The maximum absolute atomic E-state index is 13.0. The zero-order valence-corrected chi connectivity index (χ0v) is 14.0. The van der Waals surface area contributed by atoms with Crippen molar-refractivity contribution in [2.24, 2.45) is 7.05 Å². The van der Waals surface area contributed by atoms with Gasteiger partial charge in [0.15, 0.2) is 0 Å². The molecule has 3 rings (SSSR count). The fourth-order valence-corrected chi connectivity index (χ4v) is 5.38. The molecule has 114 valence electrons. The number of rotatable bonds is 4. The Labute approximate surface area is 134 Å². The summed E-state index contributed by atoms with van der Waals surface area (Å²) in [6.45, 7) is 2.03. The summed E-state index contributed by atoms with van der Waals surface area (Å²) in [5.74, 6) is 0. The monoisotopic (exact) mass is 332 g/mol.